The van der Waals surface area contributed by atoms with Gasteiger partial charge in [-0.2, -0.15) is 0 Å². The third kappa shape index (κ3) is 3.45. The van der Waals surface area contributed by atoms with Crippen molar-refractivity contribution >= 4 is 17.6 Å². The number of rotatable bonds is 4. The number of halogens is 1. The Bertz CT molecular complexity index is 391. The zero-order valence-electron chi connectivity index (χ0n) is 9.60. The maximum Gasteiger partial charge on any atom is 0.307 e. The molecule has 0 aliphatic carbocycles. The van der Waals surface area contributed by atoms with Crippen LogP contribution in [0.3, 0.4) is 0 Å². The Balaban J connectivity index is 1.80. The molecule has 1 aliphatic heterocycles. The van der Waals surface area contributed by atoms with E-state index < -0.39 is 5.97 Å². The fraction of sp³-hybridized carbons (Fsp3) is 0.462. The van der Waals surface area contributed by atoms with Crippen molar-refractivity contribution in [2.24, 2.45) is 5.92 Å². The molecule has 1 N–H and O–H groups in total. The highest BCUT2D eigenvalue weighted by Crippen LogP contribution is 2.17. The van der Waals surface area contributed by atoms with E-state index in [-0.39, 0.29) is 5.92 Å². The number of benzene rings is 1. The van der Waals surface area contributed by atoms with Crippen LogP contribution in [0.25, 0.3) is 0 Å². The molecule has 0 bridgehead atoms. The predicted octanol–water partition coefficient (Wildman–Crippen LogP) is 2.29. The van der Waals surface area contributed by atoms with E-state index in [0.29, 0.717) is 6.54 Å². The molecular formula is C13H16ClNO2. The minimum atomic E-state index is -0.668. The van der Waals surface area contributed by atoms with E-state index in [1.165, 1.54) is 5.56 Å². The van der Waals surface area contributed by atoms with Crippen LogP contribution in [-0.2, 0) is 11.2 Å². The minimum absolute atomic E-state index is 0.180. The van der Waals surface area contributed by atoms with Crippen molar-refractivity contribution in [2.75, 3.05) is 19.6 Å². The first-order valence-corrected chi connectivity index (χ1v) is 6.22. The van der Waals surface area contributed by atoms with E-state index in [4.69, 9.17) is 16.7 Å². The largest absolute Gasteiger partial charge is 0.481 e. The number of likely N-dealkylation sites (tertiary alicyclic amines) is 1. The van der Waals surface area contributed by atoms with Gasteiger partial charge in [0.25, 0.3) is 0 Å². The Morgan fingerprint density at radius 3 is 2.71 bits per heavy atom. The van der Waals surface area contributed by atoms with Gasteiger partial charge in [0.15, 0.2) is 0 Å². The summed E-state index contributed by atoms with van der Waals surface area (Å²) < 4.78 is 0. The van der Waals surface area contributed by atoms with E-state index in [1.807, 2.05) is 24.3 Å². The van der Waals surface area contributed by atoms with Crippen molar-refractivity contribution in [3.8, 4) is 0 Å². The summed E-state index contributed by atoms with van der Waals surface area (Å²) in [5.74, 6) is -0.848. The summed E-state index contributed by atoms with van der Waals surface area (Å²) in [7, 11) is 0. The molecule has 4 heteroatoms. The average molecular weight is 254 g/mol. The summed E-state index contributed by atoms with van der Waals surface area (Å²) in [6.07, 6.45) is 1.72. The van der Waals surface area contributed by atoms with Crippen molar-refractivity contribution in [1.29, 1.82) is 0 Å². The molecule has 1 fully saturated rings. The van der Waals surface area contributed by atoms with Crippen molar-refractivity contribution in [3.63, 3.8) is 0 Å². The lowest BCUT2D eigenvalue weighted by molar-refractivity contribution is -0.141. The summed E-state index contributed by atoms with van der Waals surface area (Å²) in [6.45, 7) is 2.50. The molecular weight excluding hydrogens is 238 g/mol. The second-order valence-corrected chi connectivity index (χ2v) is 4.94. The minimum Gasteiger partial charge on any atom is -0.481 e. The Kier molecular flexibility index (Phi) is 4.02. The number of aliphatic carboxylic acids is 1. The fourth-order valence-electron chi connectivity index (χ4n) is 2.18. The van der Waals surface area contributed by atoms with E-state index in [1.54, 1.807) is 0 Å². The Morgan fingerprint density at radius 1 is 1.41 bits per heavy atom. The third-order valence-corrected chi connectivity index (χ3v) is 3.50. The Hall–Kier alpha value is -1.06. The normalized spacial score (nSPS) is 20.6. The third-order valence-electron chi connectivity index (χ3n) is 3.25. The molecule has 1 unspecified atom stereocenters. The highest BCUT2D eigenvalue weighted by atomic mass is 35.5. The molecule has 3 nitrogen and oxygen atoms in total. The van der Waals surface area contributed by atoms with Gasteiger partial charge in [0.2, 0.25) is 0 Å². The maximum atomic E-state index is 10.8. The first-order chi connectivity index (χ1) is 8.15. The lowest BCUT2D eigenvalue weighted by Crippen LogP contribution is -2.25. The summed E-state index contributed by atoms with van der Waals surface area (Å²) in [5, 5.41) is 9.66. The van der Waals surface area contributed by atoms with Crippen LogP contribution in [0, 0.1) is 5.92 Å². The van der Waals surface area contributed by atoms with Crippen molar-refractivity contribution < 1.29 is 9.90 Å². The quantitative estimate of drug-likeness (QED) is 0.895. The molecule has 1 aliphatic rings. The van der Waals surface area contributed by atoms with Crippen LogP contribution in [0.4, 0.5) is 0 Å². The highest BCUT2D eigenvalue weighted by Gasteiger charge is 2.27. The highest BCUT2D eigenvalue weighted by molar-refractivity contribution is 6.30. The molecule has 1 saturated heterocycles. The molecule has 0 saturated carbocycles. The molecule has 0 aromatic heterocycles. The molecule has 1 heterocycles. The Labute approximate surface area is 106 Å². The maximum absolute atomic E-state index is 10.8. The molecule has 0 amide bonds. The van der Waals surface area contributed by atoms with Crippen LogP contribution >= 0.6 is 11.6 Å². The predicted molar refractivity (Wildman–Crippen MR) is 67.3 cm³/mol. The van der Waals surface area contributed by atoms with E-state index >= 15 is 0 Å². The number of nitrogens with zero attached hydrogens (tertiary/aromatic N) is 1. The molecule has 17 heavy (non-hydrogen) atoms. The van der Waals surface area contributed by atoms with Crippen LogP contribution in [0.15, 0.2) is 24.3 Å². The molecule has 1 aromatic rings. The molecule has 1 aromatic carbocycles. The number of carbonyl (C=O) groups is 1. The van der Waals surface area contributed by atoms with Crippen LogP contribution in [0.1, 0.15) is 12.0 Å². The van der Waals surface area contributed by atoms with Crippen LogP contribution < -0.4 is 0 Å². The SMILES string of the molecule is O=C(O)C1CCN(CCc2ccc(Cl)cc2)C1. The first-order valence-electron chi connectivity index (χ1n) is 5.85. The first kappa shape index (κ1) is 12.4. The number of hydrogen-bond donors (Lipinski definition) is 1. The van der Waals surface area contributed by atoms with E-state index in [2.05, 4.69) is 4.90 Å². The van der Waals surface area contributed by atoms with Crippen LogP contribution in [-0.4, -0.2) is 35.6 Å². The van der Waals surface area contributed by atoms with Gasteiger partial charge in [-0.1, -0.05) is 23.7 Å². The number of carboxylic acid groups (broad SMARTS) is 1. The molecule has 92 valence electrons. The van der Waals surface area contributed by atoms with Gasteiger partial charge in [0.05, 0.1) is 5.92 Å². The zero-order chi connectivity index (χ0) is 12.3. The van der Waals surface area contributed by atoms with E-state index in [9.17, 15) is 4.79 Å². The van der Waals surface area contributed by atoms with Gasteiger partial charge in [-0.15, -0.1) is 0 Å². The monoisotopic (exact) mass is 253 g/mol. The van der Waals surface area contributed by atoms with Crippen molar-refractivity contribution in [2.45, 2.75) is 12.8 Å². The summed E-state index contributed by atoms with van der Waals surface area (Å²) in [6, 6.07) is 7.82. The molecule has 0 spiro atoms. The van der Waals surface area contributed by atoms with Gasteiger partial charge in [0.1, 0.15) is 0 Å². The van der Waals surface area contributed by atoms with Gasteiger partial charge in [-0.05, 0) is 37.1 Å². The summed E-state index contributed by atoms with van der Waals surface area (Å²) in [5.41, 5.74) is 1.24. The van der Waals surface area contributed by atoms with Crippen molar-refractivity contribution in [3.05, 3.63) is 34.9 Å². The topological polar surface area (TPSA) is 40.5 Å². The fourth-order valence-corrected chi connectivity index (χ4v) is 2.30. The molecule has 1 atom stereocenters. The number of carboxylic acids is 1. The zero-order valence-corrected chi connectivity index (χ0v) is 10.4. The second kappa shape index (κ2) is 5.52. The van der Waals surface area contributed by atoms with E-state index in [0.717, 1.165) is 31.0 Å². The van der Waals surface area contributed by atoms with Gasteiger partial charge in [0, 0.05) is 18.1 Å². The lowest BCUT2D eigenvalue weighted by Gasteiger charge is -2.14. The van der Waals surface area contributed by atoms with Gasteiger partial charge < -0.3 is 10.0 Å². The molecule has 2 rings (SSSR count). The van der Waals surface area contributed by atoms with Crippen molar-refractivity contribution in [1.82, 2.24) is 4.90 Å². The lowest BCUT2D eigenvalue weighted by atomic mass is 10.1. The second-order valence-electron chi connectivity index (χ2n) is 4.50. The Morgan fingerprint density at radius 2 is 2.12 bits per heavy atom. The summed E-state index contributed by atoms with van der Waals surface area (Å²) >= 11 is 5.82. The average Bonchev–Trinajstić information content (AvgIpc) is 2.77. The van der Waals surface area contributed by atoms with Crippen LogP contribution in [0.5, 0.6) is 0 Å². The van der Waals surface area contributed by atoms with Gasteiger partial charge in [-0.25, -0.2) is 0 Å². The van der Waals surface area contributed by atoms with Crippen LogP contribution in [0.2, 0.25) is 5.02 Å². The van der Waals surface area contributed by atoms with Gasteiger partial charge in [-0.3, -0.25) is 4.79 Å². The smallest absolute Gasteiger partial charge is 0.307 e. The summed E-state index contributed by atoms with van der Waals surface area (Å²) in [4.78, 5) is 13.0. The molecule has 0 radical (unpaired) electrons. The van der Waals surface area contributed by atoms with Gasteiger partial charge >= 0.3 is 5.97 Å². The standard InChI is InChI=1S/C13H16ClNO2/c14-12-3-1-10(2-4-12)5-7-15-8-6-11(9-15)13(16)17/h1-4,11H,5-9H2,(H,16,17). The number of hydrogen-bond acceptors (Lipinski definition) is 2.